The third kappa shape index (κ3) is 5.32. The van der Waals surface area contributed by atoms with Crippen LogP contribution in [-0.2, 0) is 4.79 Å². The molecule has 0 aromatic heterocycles. The zero-order chi connectivity index (χ0) is 14.3. The van der Waals surface area contributed by atoms with Crippen molar-refractivity contribution < 1.29 is 19.5 Å². The number of amides is 4. The van der Waals surface area contributed by atoms with Crippen LogP contribution in [0.15, 0.2) is 0 Å². The highest BCUT2D eigenvalue weighted by Gasteiger charge is 2.25. The molecule has 10 heteroatoms. The molecule has 1 atom stereocenters. The van der Waals surface area contributed by atoms with Crippen molar-refractivity contribution in [3.8, 4) is 0 Å². The summed E-state index contributed by atoms with van der Waals surface area (Å²) in [4.78, 5) is 32.2. The largest absolute Gasteiger partial charge is 0.480 e. The Hall–Kier alpha value is -2.07. The molecular formula is C8H18N6O4. The van der Waals surface area contributed by atoms with Crippen LogP contribution < -0.4 is 23.2 Å². The van der Waals surface area contributed by atoms with Gasteiger partial charge in [0.25, 0.3) is 0 Å². The second kappa shape index (κ2) is 7.29. The van der Waals surface area contributed by atoms with Gasteiger partial charge in [-0.3, -0.25) is 5.01 Å². The highest BCUT2D eigenvalue weighted by molar-refractivity contribution is 5.81. The van der Waals surface area contributed by atoms with Gasteiger partial charge < -0.3 is 16.6 Å². The molecular weight excluding hydrogens is 244 g/mol. The van der Waals surface area contributed by atoms with Crippen molar-refractivity contribution in [1.82, 2.24) is 10.0 Å². The summed E-state index contributed by atoms with van der Waals surface area (Å²) < 4.78 is 0. The smallest absolute Gasteiger partial charge is 0.329 e. The number of aliphatic carboxylic acids is 1. The Balaban J connectivity index is 4.11. The number of unbranched alkanes of at least 4 members (excludes halogenated alkanes) is 1. The maximum Gasteiger partial charge on any atom is 0.329 e. The molecule has 0 aliphatic rings. The number of carboxylic acid groups (broad SMARTS) is 1. The molecule has 0 aliphatic carbocycles. The summed E-state index contributed by atoms with van der Waals surface area (Å²) in [6.07, 6.45) is 0.913. The molecule has 9 N–H and O–H groups in total. The maximum atomic E-state index is 10.8. The summed E-state index contributed by atoms with van der Waals surface area (Å²) in [7, 11) is 0. The van der Waals surface area contributed by atoms with Crippen LogP contribution >= 0.6 is 0 Å². The molecule has 1 unspecified atom stereocenters. The molecule has 10 nitrogen and oxygen atoms in total. The van der Waals surface area contributed by atoms with E-state index in [2.05, 4.69) is 0 Å². The Bertz CT molecular complexity index is 323. The van der Waals surface area contributed by atoms with Gasteiger partial charge in [0, 0.05) is 6.54 Å². The lowest BCUT2D eigenvalue weighted by Gasteiger charge is -2.22. The lowest BCUT2D eigenvalue weighted by molar-refractivity contribution is -0.142. The molecule has 0 fully saturated rings. The van der Waals surface area contributed by atoms with Crippen LogP contribution in [-0.4, -0.2) is 45.7 Å². The number of nitrogens with two attached hydrogens (primary N) is 4. The van der Waals surface area contributed by atoms with Gasteiger partial charge in [-0.05, 0) is 19.3 Å². The van der Waals surface area contributed by atoms with Crippen molar-refractivity contribution in [2.24, 2.45) is 23.2 Å². The van der Waals surface area contributed by atoms with E-state index in [1.54, 1.807) is 0 Å². The van der Waals surface area contributed by atoms with E-state index in [4.69, 9.17) is 28.3 Å². The number of rotatable bonds is 7. The molecule has 104 valence electrons. The molecule has 4 amide bonds. The van der Waals surface area contributed by atoms with Crippen molar-refractivity contribution >= 4 is 18.0 Å². The first-order valence-corrected chi connectivity index (χ1v) is 5.15. The fourth-order valence-corrected chi connectivity index (χ4v) is 1.27. The van der Waals surface area contributed by atoms with Crippen LogP contribution in [0.1, 0.15) is 19.3 Å². The highest BCUT2D eigenvalue weighted by Crippen LogP contribution is 2.06. The molecule has 0 aliphatic heterocycles. The second-order valence-electron chi connectivity index (χ2n) is 3.63. The minimum atomic E-state index is -1.25. The van der Waals surface area contributed by atoms with Gasteiger partial charge in [-0.1, -0.05) is 0 Å². The standard InChI is InChI=1S/C8H18N6O4/c9-7(17)13(11)4-2-1-3-5(6(15)16)14(12)8(10)18/h5H,1-4,11-12H2,(H2,9,17)(H2,10,18)(H,15,16). The normalized spacial score (nSPS) is 11.7. The SMILES string of the molecule is NC(=O)N(N)CCCCC(C(=O)O)N(N)C(N)=O. The minimum Gasteiger partial charge on any atom is -0.480 e. The number of urea groups is 2. The second-order valence-corrected chi connectivity index (χ2v) is 3.63. The lowest BCUT2D eigenvalue weighted by atomic mass is 10.1. The summed E-state index contributed by atoms with van der Waals surface area (Å²) >= 11 is 0. The Labute approximate surface area is 103 Å². The van der Waals surface area contributed by atoms with Crippen molar-refractivity contribution in [3.63, 3.8) is 0 Å². The van der Waals surface area contributed by atoms with Gasteiger partial charge in [0.1, 0.15) is 6.04 Å². The summed E-state index contributed by atoms with van der Waals surface area (Å²) in [6, 6.07) is -3.01. The van der Waals surface area contributed by atoms with E-state index >= 15 is 0 Å². The summed E-state index contributed by atoms with van der Waals surface area (Å²) in [5.41, 5.74) is 9.77. The van der Waals surface area contributed by atoms with Gasteiger partial charge in [0.2, 0.25) is 0 Å². The average molecular weight is 262 g/mol. The molecule has 0 bridgehead atoms. The fraction of sp³-hybridized carbons (Fsp3) is 0.625. The van der Waals surface area contributed by atoms with E-state index < -0.39 is 24.1 Å². The molecule has 0 saturated heterocycles. The quantitative estimate of drug-likeness (QED) is 0.155. The summed E-state index contributed by atoms with van der Waals surface area (Å²) in [6.45, 7) is 0.183. The van der Waals surface area contributed by atoms with Crippen LogP contribution in [0.3, 0.4) is 0 Å². The van der Waals surface area contributed by atoms with Crippen molar-refractivity contribution in [3.05, 3.63) is 0 Å². The molecule has 0 spiro atoms. The third-order valence-electron chi connectivity index (χ3n) is 2.28. The van der Waals surface area contributed by atoms with Crippen molar-refractivity contribution in [2.75, 3.05) is 6.54 Å². The molecule has 0 heterocycles. The number of carbonyl (C=O) groups excluding carboxylic acids is 2. The van der Waals surface area contributed by atoms with E-state index in [1.807, 2.05) is 0 Å². The number of hydrogen-bond acceptors (Lipinski definition) is 5. The first kappa shape index (κ1) is 15.9. The minimum absolute atomic E-state index is 0.0986. The van der Waals surface area contributed by atoms with Crippen LogP contribution in [0.25, 0.3) is 0 Å². The molecule has 18 heavy (non-hydrogen) atoms. The predicted octanol–water partition coefficient (Wildman–Crippen LogP) is -1.88. The average Bonchev–Trinajstić information content (AvgIpc) is 2.26. The predicted molar refractivity (Wildman–Crippen MR) is 61.4 cm³/mol. The molecule has 0 aromatic rings. The van der Waals surface area contributed by atoms with Crippen molar-refractivity contribution in [1.29, 1.82) is 0 Å². The van der Waals surface area contributed by atoms with Crippen LogP contribution in [0.4, 0.5) is 9.59 Å². The molecule has 0 rings (SSSR count). The van der Waals surface area contributed by atoms with E-state index in [0.29, 0.717) is 17.9 Å². The topological polar surface area (TPSA) is 182 Å². The van der Waals surface area contributed by atoms with Gasteiger partial charge in [0.05, 0.1) is 0 Å². The number of carboxylic acids is 1. The number of hydrogen-bond donors (Lipinski definition) is 5. The molecule has 0 radical (unpaired) electrons. The maximum absolute atomic E-state index is 10.8. The zero-order valence-electron chi connectivity index (χ0n) is 9.78. The number of nitrogens with zero attached hydrogens (tertiary/aromatic N) is 2. The van der Waals surface area contributed by atoms with Crippen LogP contribution in [0.5, 0.6) is 0 Å². The molecule has 0 saturated carbocycles. The monoisotopic (exact) mass is 262 g/mol. The lowest BCUT2D eigenvalue weighted by Crippen LogP contribution is -2.52. The van der Waals surface area contributed by atoms with Gasteiger partial charge in [-0.2, -0.15) is 0 Å². The van der Waals surface area contributed by atoms with E-state index in [0.717, 1.165) is 5.01 Å². The van der Waals surface area contributed by atoms with Crippen LogP contribution in [0, 0.1) is 0 Å². The fourth-order valence-electron chi connectivity index (χ4n) is 1.27. The number of primary amides is 2. The van der Waals surface area contributed by atoms with Crippen LogP contribution in [0.2, 0.25) is 0 Å². The van der Waals surface area contributed by atoms with Gasteiger partial charge in [-0.25, -0.2) is 31.1 Å². The van der Waals surface area contributed by atoms with E-state index in [9.17, 15) is 14.4 Å². The Morgan fingerprint density at radius 2 is 1.61 bits per heavy atom. The molecule has 0 aromatic carbocycles. The first-order chi connectivity index (χ1) is 8.27. The highest BCUT2D eigenvalue weighted by atomic mass is 16.4. The Morgan fingerprint density at radius 1 is 1.06 bits per heavy atom. The summed E-state index contributed by atoms with van der Waals surface area (Å²) in [5.74, 6) is 9.20. The Morgan fingerprint density at radius 3 is 2.00 bits per heavy atom. The van der Waals surface area contributed by atoms with Crippen molar-refractivity contribution in [2.45, 2.75) is 25.3 Å². The van der Waals surface area contributed by atoms with E-state index in [1.165, 1.54) is 0 Å². The first-order valence-electron chi connectivity index (χ1n) is 5.15. The summed E-state index contributed by atoms with van der Waals surface area (Å²) in [5, 5.41) is 10.1. The van der Waals surface area contributed by atoms with E-state index in [-0.39, 0.29) is 13.0 Å². The number of carbonyl (C=O) groups is 3. The van der Waals surface area contributed by atoms with Gasteiger partial charge in [-0.15, -0.1) is 0 Å². The van der Waals surface area contributed by atoms with Gasteiger partial charge in [0.15, 0.2) is 0 Å². The third-order valence-corrected chi connectivity index (χ3v) is 2.28. The zero-order valence-corrected chi connectivity index (χ0v) is 9.78. The van der Waals surface area contributed by atoms with Gasteiger partial charge >= 0.3 is 18.0 Å². The number of hydrazine groups is 2. The Kier molecular flexibility index (Phi) is 6.45.